The van der Waals surface area contributed by atoms with Crippen molar-refractivity contribution in [2.24, 2.45) is 5.92 Å². The van der Waals surface area contributed by atoms with Crippen LogP contribution in [0.5, 0.6) is 0 Å². The first-order valence-electron chi connectivity index (χ1n) is 13.8. The van der Waals surface area contributed by atoms with Gasteiger partial charge in [0.25, 0.3) is 0 Å². The van der Waals surface area contributed by atoms with Crippen LogP contribution in [0.3, 0.4) is 0 Å². The molecule has 5 nitrogen and oxygen atoms in total. The molecule has 2 fully saturated rings. The fourth-order valence-corrected chi connectivity index (χ4v) is 6.58. The highest BCUT2D eigenvalue weighted by atomic mass is 35.5. The predicted molar refractivity (Wildman–Crippen MR) is 156 cm³/mol. The first-order valence-corrected chi connectivity index (χ1v) is 14.2. The summed E-state index contributed by atoms with van der Waals surface area (Å²) < 4.78 is 1.93. The number of nitrogens with one attached hydrogen (secondary N) is 1. The number of rotatable bonds is 6. The molecule has 7 heteroatoms. The maximum absolute atomic E-state index is 6.52. The Morgan fingerprint density at radius 3 is 2.57 bits per heavy atom. The SMILES string of the molecule is Bc1cnn2c(NCC3CCCN(C4CCC(c5ccccc5)CC4)C3)cc(-c3ccccc3Cl)nc12. The van der Waals surface area contributed by atoms with Crippen LogP contribution >= 0.6 is 11.6 Å². The Balaban J connectivity index is 1.12. The smallest absolute Gasteiger partial charge is 0.151 e. The normalized spacial score (nSPS) is 22.8. The van der Waals surface area contributed by atoms with Crippen molar-refractivity contribution in [3.8, 4) is 11.3 Å². The summed E-state index contributed by atoms with van der Waals surface area (Å²) in [7, 11) is 2.06. The van der Waals surface area contributed by atoms with Gasteiger partial charge in [0.2, 0.25) is 0 Å². The van der Waals surface area contributed by atoms with Gasteiger partial charge in [0, 0.05) is 42.0 Å². The molecule has 0 radical (unpaired) electrons. The maximum atomic E-state index is 6.52. The van der Waals surface area contributed by atoms with Crippen LogP contribution < -0.4 is 10.8 Å². The largest absolute Gasteiger partial charge is 0.370 e. The van der Waals surface area contributed by atoms with Crippen LogP contribution in [0, 0.1) is 5.92 Å². The fourth-order valence-electron chi connectivity index (χ4n) is 6.35. The molecule has 1 unspecified atom stereocenters. The van der Waals surface area contributed by atoms with Gasteiger partial charge in [-0.15, -0.1) is 0 Å². The molecule has 2 aliphatic rings. The number of piperidine rings is 1. The summed E-state index contributed by atoms with van der Waals surface area (Å²) in [5, 5.41) is 9.07. The standard InChI is InChI=1S/C30H35BClN5/c31-26-19-34-37-29(17-28(35-30(26)37)25-10-4-5-11-27(25)32)33-18-21-7-6-16-36(20-21)24-14-12-23(13-15-24)22-8-2-1-3-9-22/h1-5,8-11,17,19,21,23-24,33H,6-7,12-16,18,20,31H2. The second-order valence-corrected chi connectivity index (χ2v) is 11.3. The Labute approximate surface area is 225 Å². The molecule has 1 atom stereocenters. The van der Waals surface area contributed by atoms with Crippen molar-refractivity contribution in [3.63, 3.8) is 0 Å². The third-order valence-corrected chi connectivity index (χ3v) is 8.73. The number of anilines is 1. The number of hydrogen-bond acceptors (Lipinski definition) is 4. The topological polar surface area (TPSA) is 45.5 Å². The molecule has 1 aliphatic heterocycles. The molecular weight excluding hydrogens is 477 g/mol. The molecule has 6 rings (SSSR count). The predicted octanol–water partition coefficient (Wildman–Crippen LogP) is 5.16. The lowest BCUT2D eigenvalue weighted by Gasteiger charge is -2.41. The van der Waals surface area contributed by atoms with Gasteiger partial charge in [-0.3, -0.25) is 0 Å². The third-order valence-electron chi connectivity index (χ3n) is 8.40. The molecule has 1 N–H and O–H groups in total. The molecule has 3 heterocycles. The summed E-state index contributed by atoms with van der Waals surface area (Å²) in [5.41, 5.74) is 5.29. The zero-order valence-electron chi connectivity index (χ0n) is 21.6. The lowest BCUT2D eigenvalue weighted by Crippen LogP contribution is -2.45. The van der Waals surface area contributed by atoms with Gasteiger partial charge in [-0.25, -0.2) is 4.98 Å². The number of fused-ring (bicyclic) bond motifs is 1. The Hall–Kier alpha value is -2.83. The van der Waals surface area contributed by atoms with Gasteiger partial charge >= 0.3 is 0 Å². The van der Waals surface area contributed by atoms with Gasteiger partial charge in [-0.2, -0.15) is 9.61 Å². The van der Waals surface area contributed by atoms with Gasteiger partial charge in [-0.1, -0.05) is 60.1 Å². The zero-order chi connectivity index (χ0) is 25.2. The van der Waals surface area contributed by atoms with Crippen LogP contribution in [0.25, 0.3) is 16.9 Å². The zero-order valence-corrected chi connectivity index (χ0v) is 22.4. The van der Waals surface area contributed by atoms with E-state index >= 15 is 0 Å². The molecule has 190 valence electrons. The lowest BCUT2D eigenvalue weighted by atomic mass is 9.80. The van der Waals surface area contributed by atoms with E-state index in [9.17, 15) is 0 Å². The van der Waals surface area contributed by atoms with Crippen molar-refractivity contribution in [1.29, 1.82) is 0 Å². The van der Waals surface area contributed by atoms with E-state index in [0.29, 0.717) is 10.9 Å². The molecule has 0 spiro atoms. The number of halogens is 1. The van der Waals surface area contributed by atoms with Gasteiger partial charge in [0.15, 0.2) is 5.65 Å². The molecule has 1 saturated heterocycles. The fraction of sp³-hybridized carbons (Fsp3) is 0.400. The Kier molecular flexibility index (Phi) is 7.21. The van der Waals surface area contributed by atoms with E-state index in [2.05, 4.69) is 59.6 Å². The number of benzene rings is 2. The Morgan fingerprint density at radius 2 is 1.76 bits per heavy atom. The minimum absolute atomic E-state index is 0.629. The van der Waals surface area contributed by atoms with Crippen LogP contribution in [0.1, 0.15) is 50.0 Å². The van der Waals surface area contributed by atoms with Crippen LogP contribution in [-0.2, 0) is 0 Å². The number of hydrogen-bond donors (Lipinski definition) is 1. The molecule has 1 saturated carbocycles. The molecule has 0 amide bonds. The highest BCUT2D eigenvalue weighted by Crippen LogP contribution is 2.36. The molecule has 0 bridgehead atoms. The molecular formula is C30H35BClN5. The second kappa shape index (κ2) is 10.9. The first kappa shape index (κ1) is 24.5. The maximum Gasteiger partial charge on any atom is 0.151 e. The summed E-state index contributed by atoms with van der Waals surface area (Å²) in [5.74, 6) is 2.34. The van der Waals surface area contributed by atoms with Gasteiger partial charge in [-0.05, 0) is 74.0 Å². The van der Waals surface area contributed by atoms with Gasteiger partial charge in [0.1, 0.15) is 13.7 Å². The average molecular weight is 512 g/mol. The molecule has 2 aromatic carbocycles. The first-order chi connectivity index (χ1) is 18.2. The van der Waals surface area contributed by atoms with E-state index in [1.54, 1.807) is 0 Å². The van der Waals surface area contributed by atoms with Crippen molar-refractivity contribution in [3.05, 3.63) is 77.4 Å². The summed E-state index contributed by atoms with van der Waals surface area (Å²) in [6.45, 7) is 3.36. The monoisotopic (exact) mass is 511 g/mol. The second-order valence-electron chi connectivity index (χ2n) is 10.9. The lowest BCUT2D eigenvalue weighted by molar-refractivity contribution is 0.0979. The summed E-state index contributed by atoms with van der Waals surface area (Å²) >= 11 is 6.52. The highest BCUT2D eigenvalue weighted by Gasteiger charge is 2.30. The van der Waals surface area contributed by atoms with Crippen molar-refractivity contribution >= 4 is 36.4 Å². The summed E-state index contributed by atoms with van der Waals surface area (Å²) in [6, 6.07) is 21.8. The van der Waals surface area contributed by atoms with Crippen LogP contribution in [0.15, 0.2) is 66.9 Å². The Bertz CT molecular complexity index is 1350. The van der Waals surface area contributed by atoms with E-state index in [4.69, 9.17) is 16.6 Å². The Morgan fingerprint density at radius 1 is 0.973 bits per heavy atom. The van der Waals surface area contributed by atoms with Crippen LogP contribution in [0.2, 0.25) is 5.02 Å². The van der Waals surface area contributed by atoms with E-state index in [0.717, 1.165) is 46.7 Å². The van der Waals surface area contributed by atoms with Crippen molar-refractivity contribution in [2.45, 2.75) is 50.5 Å². The van der Waals surface area contributed by atoms with E-state index < -0.39 is 0 Å². The molecule has 37 heavy (non-hydrogen) atoms. The highest BCUT2D eigenvalue weighted by molar-refractivity contribution is 6.36. The van der Waals surface area contributed by atoms with Crippen LogP contribution in [-0.4, -0.2) is 53.0 Å². The van der Waals surface area contributed by atoms with E-state index in [1.807, 2.05) is 35.0 Å². The average Bonchev–Trinajstić information content (AvgIpc) is 3.33. The summed E-state index contributed by atoms with van der Waals surface area (Å²) in [6.07, 6.45) is 9.70. The number of nitrogens with zero attached hydrogens (tertiary/aromatic N) is 4. The number of likely N-dealkylation sites (tertiary alicyclic amines) is 1. The third kappa shape index (κ3) is 5.28. The van der Waals surface area contributed by atoms with Crippen molar-refractivity contribution in [2.75, 3.05) is 25.0 Å². The van der Waals surface area contributed by atoms with E-state index in [1.165, 1.54) is 57.2 Å². The van der Waals surface area contributed by atoms with Gasteiger partial charge < -0.3 is 10.2 Å². The van der Waals surface area contributed by atoms with Gasteiger partial charge in [0.05, 0.1) is 5.69 Å². The number of aromatic nitrogens is 3. The van der Waals surface area contributed by atoms with Crippen molar-refractivity contribution < 1.29 is 0 Å². The van der Waals surface area contributed by atoms with Crippen LogP contribution in [0.4, 0.5) is 5.82 Å². The minimum Gasteiger partial charge on any atom is -0.370 e. The quantitative estimate of drug-likeness (QED) is 0.363. The van der Waals surface area contributed by atoms with Crippen molar-refractivity contribution in [1.82, 2.24) is 19.5 Å². The molecule has 2 aromatic heterocycles. The van der Waals surface area contributed by atoms with E-state index in [-0.39, 0.29) is 0 Å². The molecule has 1 aliphatic carbocycles. The molecule has 4 aromatic rings. The minimum atomic E-state index is 0.629. The summed E-state index contributed by atoms with van der Waals surface area (Å²) in [4.78, 5) is 7.67.